The summed E-state index contributed by atoms with van der Waals surface area (Å²) >= 11 is 0. The number of rotatable bonds is 7. The van der Waals surface area contributed by atoms with Gasteiger partial charge in [-0.05, 0) is 47.7 Å². The van der Waals surface area contributed by atoms with Crippen molar-refractivity contribution in [1.82, 2.24) is 5.32 Å². The van der Waals surface area contributed by atoms with E-state index >= 15 is 0 Å². The average Bonchev–Trinajstić information content (AvgIpc) is 2.52. The van der Waals surface area contributed by atoms with E-state index in [1.165, 1.54) is 17.7 Å². The Hall–Kier alpha value is -1.71. The third kappa shape index (κ3) is 4.96. The van der Waals surface area contributed by atoms with Gasteiger partial charge in [-0.3, -0.25) is 0 Å². The lowest BCUT2D eigenvalue weighted by Gasteiger charge is -2.13. The Morgan fingerprint density at radius 2 is 1.62 bits per heavy atom. The lowest BCUT2D eigenvalue weighted by atomic mass is 10.0. The lowest BCUT2D eigenvalue weighted by molar-refractivity contribution is 0.282. The normalized spacial score (nSPS) is 12.3. The summed E-state index contributed by atoms with van der Waals surface area (Å²) in [6, 6.07) is 14.7. The molecule has 1 atom stereocenters. The third-order valence-corrected chi connectivity index (χ3v) is 3.69. The molecule has 0 heterocycles. The van der Waals surface area contributed by atoms with Gasteiger partial charge in [0.25, 0.3) is 0 Å². The number of aliphatic hydroxyl groups excluding tert-OH is 1. The van der Waals surface area contributed by atoms with Crippen LogP contribution in [-0.2, 0) is 13.0 Å². The molecule has 0 amide bonds. The molecule has 0 aromatic heterocycles. The maximum absolute atomic E-state index is 12.9. The number of halogens is 1. The molecule has 2 aromatic carbocycles. The Kier molecular flexibility index (Phi) is 5.90. The minimum absolute atomic E-state index is 0.0910. The van der Waals surface area contributed by atoms with Crippen molar-refractivity contribution in [3.63, 3.8) is 0 Å². The summed E-state index contributed by atoms with van der Waals surface area (Å²) in [5.41, 5.74) is 3.35. The van der Waals surface area contributed by atoms with Gasteiger partial charge in [0.15, 0.2) is 0 Å². The average molecular weight is 287 g/mol. The molecule has 2 aromatic rings. The smallest absolute Gasteiger partial charge is 0.123 e. The van der Waals surface area contributed by atoms with E-state index in [1.54, 1.807) is 0 Å². The van der Waals surface area contributed by atoms with E-state index in [-0.39, 0.29) is 12.4 Å². The zero-order chi connectivity index (χ0) is 15.1. The molecule has 2 N–H and O–H groups in total. The largest absolute Gasteiger partial charge is 0.392 e. The molecule has 3 heteroatoms. The van der Waals surface area contributed by atoms with Crippen molar-refractivity contribution in [3.05, 3.63) is 71.0 Å². The number of nitrogens with one attached hydrogen (secondary N) is 1. The highest BCUT2D eigenvalue weighted by atomic mass is 19.1. The lowest BCUT2D eigenvalue weighted by Crippen LogP contribution is -2.22. The molecule has 0 saturated carbocycles. The van der Waals surface area contributed by atoms with E-state index in [9.17, 15) is 4.39 Å². The van der Waals surface area contributed by atoms with E-state index in [4.69, 9.17) is 5.11 Å². The van der Waals surface area contributed by atoms with E-state index in [0.717, 1.165) is 30.6 Å². The number of hydrogen-bond donors (Lipinski definition) is 2. The third-order valence-electron chi connectivity index (χ3n) is 3.69. The van der Waals surface area contributed by atoms with E-state index in [1.807, 2.05) is 24.3 Å². The van der Waals surface area contributed by atoms with Gasteiger partial charge in [0, 0.05) is 6.54 Å². The summed E-state index contributed by atoms with van der Waals surface area (Å²) in [6.45, 7) is 4.01. The summed E-state index contributed by atoms with van der Waals surface area (Å²) in [7, 11) is 0. The van der Waals surface area contributed by atoms with Crippen LogP contribution >= 0.6 is 0 Å². The van der Waals surface area contributed by atoms with E-state index < -0.39 is 0 Å². The van der Waals surface area contributed by atoms with Crippen molar-refractivity contribution in [2.45, 2.75) is 25.9 Å². The maximum Gasteiger partial charge on any atom is 0.123 e. The predicted octanol–water partition coefficient (Wildman–Crippen LogP) is 3.25. The molecule has 0 bridgehead atoms. The molecule has 0 saturated heterocycles. The fourth-order valence-corrected chi connectivity index (χ4v) is 2.27. The number of aliphatic hydroxyl groups is 1. The molecule has 0 aliphatic carbocycles. The van der Waals surface area contributed by atoms with Crippen LogP contribution in [0.25, 0.3) is 0 Å². The van der Waals surface area contributed by atoms with Crippen LogP contribution in [0, 0.1) is 5.82 Å². The molecule has 0 fully saturated rings. The van der Waals surface area contributed by atoms with Crippen LogP contribution in [0.3, 0.4) is 0 Å². The maximum atomic E-state index is 12.9. The van der Waals surface area contributed by atoms with Gasteiger partial charge in [0.2, 0.25) is 0 Å². The van der Waals surface area contributed by atoms with Gasteiger partial charge in [-0.2, -0.15) is 0 Å². The fraction of sp³-hybridized carbons (Fsp3) is 0.333. The van der Waals surface area contributed by atoms with Crippen LogP contribution in [0.1, 0.15) is 29.5 Å². The Morgan fingerprint density at radius 1 is 1.00 bits per heavy atom. The van der Waals surface area contributed by atoms with Gasteiger partial charge in [-0.1, -0.05) is 43.3 Å². The van der Waals surface area contributed by atoms with Crippen molar-refractivity contribution in [2.24, 2.45) is 0 Å². The van der Waals surface area contributed by atoms with Crippen molar-refractivity contribution < 1.29 is 9.50 Å². The van der Waals surface area contributed by atoms with Crippen molar-refractivity contribution in [3.8, 4) is 0 Å². The Labute approximate surface area is 125 Å². The van der Waals surface area contributed by atoms with Gasteiger partial charge in [0.1, 0.15) is 5.82 Å². The van der Waals surface area contributed by atoms with Gasteiger partial charge in [-0.15, -0.1) is 0 Å². The summed E-state index contributed by atoms with van der Waals surface area (Å²) in [5.74, 6) is 0.174. The van der Waals surface area contributed by atoms with Crippen LogP contribution in [-0.4, -0.2) is 18.2 Å². The van der Waals surface area contributed by atoms with Crippen LogP contribution in [0.4, 0.5) is 4.39 Å². The van der Waals surface area contributed by atoms with Crippen molar-refractivity contribution in [2.75, 3.05) is 13.1 Å². The fourth-order valence-electron chi connectivity index (χ4n) is 2.27. The molecule has 0 radical (unpaired) electrons. The molecular weight excluding hydrogens is 265 g/mol. The Morgan fingerprint density at radius 3 is 2.24 bits per heavy atom. The highest BCUT2D eigenvalue weighted by molar-refractivity contribution is 5.22. The molecule has 2 rings (SSSR count). The van der Waals surface area contributed by atoms with Gasteiger partial charge in [0.05, 0.1) is 6.61 Å². The van der Waals surface area contributed by atoms with Crippen molar-refractivity contribution >= 4 is 0 Å². The Balaban J connectivity index is 1.72. The number of hydrogen-bond acceptors (Lipinski definition) is 2. The second kappa shape index (κ2) is 7.91. The van der Waals surface area contributed by atoms with E-state index in [2.05, 4.69) is 24.4 Å². The SMILES string of the molecule is CC(CNCCc1ccc(CO)cc1)c1ccc(F)cc1. The second-order valence-electron chi connectivity index (χ2n) is 5.38. The van der Waals surface area contributed by atoms with Crippen molar-refractivity contribution in [1.29, 1.82) is 0 Å². The molecule has 1 unspecified atom stereocenters. The summed E-state index contributed by atoms with van der Waals surface area (Å²) < 4.78 is 12.9. The predicted molar refractivity (Wildman–Crippen MR) is 83.8 cm³/mol. The molecule has 21 heavy (non-hydrogen) atoms. The van der Waals surface area contributed by atoms with Crippen LogP contribution < -0.4 is 5.32 Å². The van der Waals surface area contributed by atoms with Crippen LogP contribution in [0.2, 0.25) is 0 Å². The van der Waals surface area contributed by atoms with Crippen LogP contribution in [0.15, 0.2) is 48.5 Å². The van der Waals surface area contributed by atoms with Gasteiger partial charge >= 0.3 is 0 Å². The molecule has 0 aliphatic rings. The molecule has 2 nitrogen and oxygen atoms in total. The van der Waals surface area contributed by atoms with E-state index in [0.29, 0.717) is 5.92 Å². The highest BCUT2D eigenvalue weighted by Crippen LogP contribution is 2.14. The Bertz CT molecular complexity index is 536. The van der Waals surface area contributed by atoms with Crippen LogP contribution in [0.5, 0.6) is 0 Å². The zero-order valence-corrected chi connectivity index (χ0v) is 12.3. The first-order chi connectivity index (χ1) is 10.2. The minimum atomic E-state index is -0.190. The summed E-state index contributed by atoms with van der Waals surface area (Å²) in [5, 5.41) is 12.4. The standard InChI is InChI=1S/C18H22FNO/c1-14(17-6-8-18(19)9-7-17)12-20-11-10-15-2-4-16(13-21)5-3-15/h2-9,14,20-21H,10-13H2,1H3. The molecular formula is C18H22FNO. The summed E-state index contributed by atoms with van der Waals surface area (Å²) in [4.78, 5) is 0. The highest BCUT2D eigenvalue weighted by Gasteiger charge is 2.05. The summed E-state index contributed by atoms with van der Waals surface area (Å²) in [6.07, 6.45) is 0.960. The molecule has 112 valence electrons. The zero-order valence-electron chi connectivity index (χ0n) is 12.3. The minimum Gasteiger partial charge on any atom is -0.392 e. The first-order valence-corrected chi connectivity index (χ1v) is 7.34. The monoisotopic (exact) mass is 287 g/mol. The number of benzene rings is 2. The molecule has 0 spiro atoms. The second-order valence-corrected chi connectivity index (χ2v) is 5.38. The topological polar surface area (TPSA) is 32.3 Å². The van der Waals surface area contributed by atoms with Gasteiger partial charge in [-0.25, -0.2) is 4.39 Å². The van der Waals surface area contributed by atoms with Gasteiger partial charge < -0.3 is 10.4 Å². The quantitative estimate of drug-likeness (QED) is 0.766. The first-order valence-electron chi connectivity index (χ1n) is 7.34. The molecule has 0 aliphatic heterocycles. The first kappa shape index (κ1) is 15.7.